The number of nitrogens with zero attached hydrogens (tertiary/aromatic N) is 1. The molecule has 1 aliphatic rings. The zero-order valence-electron chi connectivity index (χ0n) is 13.2. The lowest BCUT2D eigenvalue weighted by molar-refractivity contribution is 0.154. The Bertz CT molecular complexity index is 582. The summed E-state index contributed by atoms with van der Waals surface area (Å²) in [6.45, 7) is 8.12. The quantitative estimate of drug-likeness (QED) is 0.892. The molecule has 2 nitrogen and oxygen atoms in total. The molecule has 0 spiro atoms. The number of hydrogen-bond acceptors (Lipinski definition) is 2. The van der Waals surface area contributed by atoms with E-state index in [4.69, 9.17) is 0 Å². The number of rotatable bonds is 5. The molecule has 2 unspecified atom stereocenters. The van der Waals surface area contributed by atoms with Crippen LogP contribution in [0.1, 0.15) is 38.3 Å². The summed E-state index contributed by atoms with van der Waals surface area (Å²) in [7, 11) is 0. The summed E-state index contributed by atoms with van der Waals surface area (Å²) in [5.74, 6) is 0. The topological polar surface area (TPSA) is 15.3 Å². The maximum Gasteiger partial charge on any atom is 0.0329 e. The van der Waals surface area contributed by atoms with Crippen LogP contribution in [0.5, 0.6) is 0 Å². The molecule has 1 N–H and O–H groups in total. The van der Waals surface area contributed by atoms with Crippen molar-refractivity contribution in [1.29, 1.82) is 0 Å². The van der Waals surface area contributed by atoms with Crippen molar-refractivity contribution >= 4 is 10.8 Å². The first kappa shape index (κ1) is 14.6. The first-order valence-corrected chi connectivity index (χ1v) is 8.25. The van der Waals surface area contributed by atoms with Crippen molar-refractivity contribution in [2.45, 2.75) is 38.8 Å². The average molecular weight is 282 g/mol. The molecule has 2 aromatic rings. The molecule has 0 amide bonds. The van der Waals surface area contributed by atoms with Gasteiger partial charge >= 0.3 is 0 Å². The highest BCUT2D eigenvalue weighted by Crippen LogP contribution is 2.30. The van der Waals surface area contributed by atoms with Crippen molar-refractivity contribution in [3.63, 3.8) is 0 Å². The molecule has 0 bridgehead atoms. The number of fused-ring (bicyclic) bond motifs is 1. The highest BCUT2D eigenvalue weighted by Gasteiger charge is 2.27. The molecule has 1 fully saturated rings. The summed E-state index contributed by atoms with van der Waals surface area (Å²) in [6, 6.07) is 16.6. The van der Waals surface area contributed by atoms with Crippen molar-refractivity contribution in [1.82, 2.24) is 10.2 Å². The van der Waals surface area contributed by atoms with Gasteiger partial charge in [0.1, 0.15) is 0 Å². The zero-order valence-corrected chi connectivity index (χ0v) is 13.2. The Morgan fingerprint density at radius 1 is 1.19 bits per heavy atom. The molecule has 1 aliphatic heterocycles. The lowest BCUT2D eigenvalue weighted by atomic mass is 9.97. The fourth-order valence-electron chi connectivity index (χ4n) is 3.67. The van der Waals surface area contributed by atoms with Crippen molar-refractivity contribution in [2.24, 2.45) is 0 Å². The van der Waals surface area contributed by atoms with Gasteiger partial charge in [0.2, 0.25) is 0 Å². The number of benzene rings is 2. The Balaban J connectivity index is 1.95. The van der Waals surface area contributed by atoms with E-state index in [1.807, 2.05) is 0 Å². The number of nitrogens with one attached hydrogen (secondary N) is 1. The van der Waals surface area contributed by atoms with E-state index in [1.165, 1.54) is 35.7 Å². The van der Waals surface area contributed by atoms with Gasteiger partial charge in [0.05, 0.1) is 0 Å². The molecule has 21 heavy (non-hydrogen) atoms. The lowest BCUT2D eigenvalue weighted by Crippen LogP contribution is -2.39. The molecule has 2 aromatic carbocycles. The SMILES string of the molecule is CCCN(C1CCNC1)C(C)c1cccc2ccccc12. The molecule has 3 rings (SSSR count). The van der Waals surface area contributed by atoms with Crippen LogP contribution in [0.2, 0.25) is 0 Å². The summed E-state index contributed by atoms with van der Waals surface area (Å²) in [4.78, 5) is 2.70. The van der Waals surface area contributed by atoms with E-state index in [0.717, 1.165) is 13.1 Å². The molecule has 112 valence electrons. The van der Waals surface area contributed by atoms with Crippen molar-refractivity contribution in [2.75, 3.05) is 19.6 Å². The van der Waals surface area contributed by atoms with Gasteiger partial charge in [-0.25, -0.2) is 0 Å². The van der Waals surface area contributed by atoms with Gasteiger partial charge in [-0.05, 0) is 49.2 Å². The van der Waals surface area contributed by atoms with Gasteiger partial charge in [-0.2, -0.15) is 0 Å². The van der Waals surface area contributed by atoms with Crippen LogP contribution < -0.4 is 5.32 Å². The smallest absolute Gasteiger partial charge is 0.0329 e. The molecule has 0 radical (unpaired) electrons. The Hall–Kier alpha value is -1.38. The average Bonchev–Trinajstić information content (AvgIpc) is 3.05. The molecule has 2 atom stereocenters. The van der Waals surface area contributed by atoms with E-state index < -0.39 is 0 Å². The molecule has 2 heteroatoms. The maximum atomic E-state index is 3.51. The predicted octanol–water partition coefficient (Wildman–Crippen LogP) is 3.97. The lowest BCUT2D eigenvalue weighted by Gasteiger charge is -2.34. The Kier molecular flexibility index (Phi) is 4.57. The van der Waals surface area contributed by atoms with Crippen LogP contribution in [-0.2, 0) is 0 Å². The third kappa shape index (κ3) is 2.97. The normalized spacial score (nSPS) is 20.2. The number of hydrogen-bond donors (Lipinski definition) is 1. The fraction of sp³-hybridized carbons (Fsp3) is 0.474. The van der Waals surface area contributed by atoms with Gasteiger partial charge in [0.25, 0.3) is 0 Å². The second-order valence-corrected chi connectivity index (χ2v) is 6.13. The van der Waals surface area contributed by atoms with E-state index in [1.54, 1.807) is 0 Å². The maximum absolute atomic E-state index is 3.51. The molecular weight excluding hydrogens is 256 g/mol. The third-order valence-corrected chi connectivity index (χ3v) is 4.76. The summed E-state index contributed by atoms with van der Waals surface area (Å²) in [6.07, 6.45) is 2.49. The van der Waals surface area contributed by atoms with Gasteiger partial charge in [-0.15, -0.1) is 0 Å². The first-order chi connectivity index (χ1) is 10.3. The summed E-state index contributed by atoms with van der Waals surface area (Å²) < 4.78 is 0. The monoisotopic (exact) mass is 282 g/mol. The van der Waals surface area contributed by atoms with Crippen molar-refractivity contribution < 1.29 is 0 Å². The van der Waals surface area contributed by atoms with Crippen LogP contribution in [0.15, 0.2) is 42.5 Å². The zero-order chi connectivity index (χ0) is 14.7. The van der Waals surface area contributed by atoms with E-state index in [9.17, 15) is 0 Å². The molecular formula is C19H26N2. The van der Waals surface area contributed by atoms with Crippen LogP contribution in [0.3, 0.4) is 0 Å². The Labute approximate surface area is 128 Å². The van der Waals surface area contributed by atoms with E-state index in [2.05, 4.69) is 66.5 Å². The third-order valence-electron chi connectivity index (χ3n) is 4.76. The minimum atomic E-state index is 0.473. The molecule has 0 aliphatic carbocycles. The Morgan fingerprint density at radius 3 is 2.76 bits per heavy atom. The molecule has 1 heterocycles. The second kappa shape index (κ2) is 6.59. The first-order valence-electron chi connectivity index (χ1n) is 8.25. The van der Waals surface area contributed by atoms with Crippen molar-refractivity contribution in [3.05, 3.63) is 48.0 Å². The van der Waals surface area contributed by atoms with Gasteiger partial charge in [0.15, 0.2) is 0 Å². The van der Waals surface area contributed by atoms with Gasteiger partial charge < -0.3 is 5.32 Å². The standard InChI is InChI=1S/C19H26N2/c1-3-13-21(17-11-12-20-14-17)15(2)18-10-6-8-16-7-4-5-9-19(16)18/h4-10,15,17,20H,3,11-14H2,1-2H3. The van der Waals surface area contributed by atoms with E-state index in [0.29, 0.717) is 12.1 Å². The van der Waals surface area contributed by atoms with Crippen LogP contribution in [-0.4, -0.2) is 30.6 Å². The van der Waals surface area contributed by atoms with Crippen LogP contribution in [0.4, 0.5) is 0 Å². The summed E-state index contributed by atoms with van der Waals surface area (Å²) in [5, 5.41) is 6.27. The predicted molar refractivity (Wildman–Crippen MR) is 90.6 cm³/mol. The van der Waals surface area contributed by atoms with Crippen LogP contribution >= 0.6 is 0 Å². The van der Waals surface area contributed by atoms with Gasteiger partial charge in [-0.1, -0.05) is 49.4 Å². The van der Waals surface area contributed by atoms with Crippen LogP contribution in [0, 0.1) is 0 Å². The van der Waals surface area contributed by atoms with Gasteiger partial charge in [-0.3, -0.25) is 4.90 Å². The highest BCUT2D eigenvalue weighted by atomic mass is 15.2. The van der Waals surface area contributed by atoms with E-state index in [-0.39, 0.29) is 0 Å². The molecule has 0 saturated carbocycles. The Morgan fingerprint density at radius 2 is 2.00 bits per heavy atom. The summed E-state index contributed by atoms with van der Waals surface area (Å²) in [5.41, 5.74) is 1.47. The second-order valence-electron chi connectivity index (χ2n) is 6.13. The van der Waals surface area contributed by atoms with Crippen molar-refractivity contribution in [3.8, 4) is 0 Å². The minimum absolute atomic E-state index is 0.473. The van der Waals surface area contributed by atoms with Gasteiger partial charge in [0, 0.05) is 18.6 Å². The largest absolute Gasteiger partial charge is 0.315 e. The highest BCUT2D eigenvalue weighted by molar-refractivity contribution is 5.86. The molecule has 0 aromatic heterocycles. The van der Waals surface area contributed by atoms with E-state index >= 15 is 0 Å². The molecule has 1 saturated heterocycles. The summed E-state index contributed by atoms with van der Waals surface area (Å²) >= 11 is 0. The van der Waals surface area contributed by atoms with Crippen LogP contribution in [0.25, 0.3) is 10.8 Å². The minimum Gasteiger partial charge on any atom is -0.315 e. The fourth-order valence-corrected chi connectivity index (χ4v) is 3.67.